The van der Waals surface area contributed by atoms with Crippen molar-refractivity contribution in [3.63, 3.8) is 0 Å². The number of hydrogen-bond donors (Lipinski definition) is 1. The van der Waals surface area contributed by atoms with E-state index in [-0.39, 0.29) is 0 Å². The summed E-state index contributed by atoms with van der Waals surface area (Å²) in [6.45, 7) is 0.581. The van der Waals surface area contributed by atoms with Gasteiger partial charge in [-0.05, 0) is 18.6 Å². The maximum absolute atomic E-state index is 10.8. The van der Waals surface area contributed by atoms with Crippen molar-refractivity contribution in [1.29, 1.82) is 0 Å². The molecule has 1 heterocycles. The van der Waals surface area contributed by atoms with Crippen molar-refractivity contribution in [3.05, 3.63) is 24.5 Å². The van der Waals surface area contributed by atoms with E-state index in [4.69, 9.17) is 5.73 Å². The van der Waals surface area contributed by atoms with Gasteiger partial charge in [0.15, 0.2) is 0 Å². The van der Waals surface area contributed by atoms with Gasteiger partial charge in [0, 0.05) is 19.8 Å². The summed E-state index contributed by atoms with van der Waals surface area (Å²) in [5.41, 5.74) is 6.01. The molecule has 1 atom stereocenters. The Morgan fingerprint density at radius 1 is 1.69 bits per heavy atom. The van der Waals surface area contributed by atoms with Crippen molar-refractivity contribution in [3.8, 4) is 0 Å². The second kappa shape index (κ2) is 5.85. The van der Waals surface area contributed by atoms with Crippen LogP contribution in [0.15, 0.2) is 24.5 Å². The zero-order valence-electron chi connectivity index (χ0n) is 9.17. The van der Waals surface area contributed by atoms with Gasteiger partial charge in [-0.15, -0.1) is 0 Å². The molecule has 1 unspecified atom stereocenters. The monoisotopic (exact) mass is 221 g/mol. The number of nitrogens with two attached hydrogens (primary N) is 1. The minimum atomic E-state index is -0.709. The van der Waals surface area contributed by atoms with Crippen molar-refractivity contribution in [2.45, 2.75) is 6.42 Å². The molecule has 5 nitrogen and oxygen atoms in total. The predicted octanol–water partition coefficient (Wildman–Crippen LogP) is 0.208. The number of primary amides is 1. The SMILES string of the molecule is CN(CCC(C=O)C(N)=O)c1cccnc1. The Balaban J connectivity index is 2.49. The Hall–Kier alpha value is -1.91. The Morgan fingerprint density at radius 3 is 2.94 bits per heavy atom. The Labute approximate surface area is 94.3 Å². The highest BCUT2D eigenvalue weighted by molar-refractivity contribution is 5.90. The molecule has 1 aromatic heterocycles. The third-order valence-corrected chi connectivity index (χ3v) is 2.39. The number of carbonyl (C=O) groups excluding carboxylic acids is 2. The van der Waals surface area contributed by atoms with Crippen molar-refractivity contribution in [2.24, 2.45) is 11.7 Å². The molecule has 0 aliphatic heterocycles. The average molecular weight is 221 g/mol. The van der Waals surface area contributed by atoms with E-state index in [1.165, 1.54) is 0 Å². The number of rotatable bonds is 6. The van der Waals surface area contributed by atoms with Gasteiger partial charge < -0.3 is 15.4 Å². The normalized spacial score (nSPS) is 11.8. The van der Waals surface area contributed by atoms with E-state index in [2.05, 4.69) is 4.98 Å². The lowest BCUT2D eigenvalue weighted by atomic mass is 10.1. The Morgan fingerprint density at radius 2 is 2.44 bits per heavy atom. The molecule has 1 amide bonds. The largest absolute Gasteiger partial charge is 0.373 e. The molecule has 0 saturated heterocycles. The number of aromatic nitrogens is 1. The highest BCUT2D eigenvalue weighted by Gasteiger charge is 2.14. The number of amides is 1. The maximum Gasteiger partial charge on any atom is 0.227 e. The molecule has 5 heteroatoms. The summed E-state index contributed by atoms with van der Waals surface area (Å²) in [6, 6.07) is 3.74. The number of hydrogen-bond acceptors (Lipinski definition) is 4. The van der Waals surface area contributed by atoms with Crippen LogP contribution in [0, 0.1) is 5.92 Å². The first-order valence-electron chi connectivity index (χ1n) is 5.01. The summed E-state index contributed by atoms with van der Waals surface area (Å²) in [4.78, 5) is 27.3. The molecule has 0 aromatic carbocycles. The zero-order chi connectivity index (χ0) is 12.0. The zero-order valence-corrected chi connectivity index (χ0v) is 9.17. The number of anilines is 1. The molecule has 16 heavy (non-hydrogen) atoms. The van der Waals surface area contributed by atoms with Gasteiger partial charge in [-0.1, -0.05) is 0 Å². The fourth-order valence-corrected chi connectivity index (χ4v) is 1.32. The fourth-order valence-electron chi connectivity index (χ4n) is 1.32. The van der Waals surface area contributed by atoms with Crippen molar-refractivity contribution < 1.29 is 9.59 Å². The molecular weight excluding hydrogens is 206 g/mol. The molecular formula is C11H15N3O2. The number of pyridine rings is 1. The minimum Gasteiger partial charge on any atom is -0.373 e. The van der Waals surface area contributed by atoms with Gasteiger partial charge in [-0.3, -0.25) is 9.78 Å². The highest BCUT2D eigenvalue weighted by atomic mass is 16.2. The molecule has 0 radical (unpaired) electrons. The van der Waals surface area contributed by atoms with Crippen LogP contribution in [-0.4, -0.2) is 30.8 Å². The van der Waals surface area contributed by atoms with Crippen molar-refractivity contribution >= 4 is 17.9 Å². The second-order valence-electron chi connectivity index (χ2n) is 3.57. The van der Waals surface area contributed by atoms with Gasteiger partial charge in [0.25, 0.3) is 0 Å². The summed E-state index contributed by atoms with van der Waals surface area (Å²) in [6.07, 6.45) is 4.43. The first-order valence-corrected chi connectivity index (χ1v) is 5.01. The quantitative estimate of drug-likeness (QED) is 0.550. The van der Waals surface area contributed by atoms with Crippen LogP contribution >= 0.6 is 0 Å². The summed E-state index contributed by atoms with van der Waals surface area (Å²) in [5.74, 6) is -1.28. The third kappa shape index (κ3) is 3.34. The molecule has 0 fully saturated rings. The van der Waals surface area contributed by atoms with Gasteiger partial charge in [0.2, 0.25) is 5.91 Å². The number of carbonyl (C=O) groups is 2. The van der Waals surface area contributed by atoms with E-state index in [1.54, 1.807) is 12.4 Å². The topological polar surface area (TPSA) is 76.3 Å². The lowest BCUT2D eigenvalue weighted by Crippen LogP contribution is -2.29. The number of nitrogens with zero attached hydrogens (tertiary/aromatic N) is 2. The predicted molar refractivity (Wildman–Crippen MR) is 60.9 cm³/mol. The van der Waals surface area contributed by atoms with Crippen LogP contribution in [0.2, 0.25) is 0 Å². The molecule has 1 aromatic rings. The molecule has 2 N–H and O–H groups in total. The fraction of sp³-hybridized carbons (Fsp3) is 0.364. The molecule has 0 bridgehead atoms. The summed E-state index contributed by atoms with van der Waals surface area (Å²) < 4.78 is 0. The standard InChI is InChI=1S/C11H15N3O2/c1-14(10-3-2-5-13-7-10)6-4-9(8-15)11(12)16/h2-3,5,7-9H,4,6H2,1H3,(H2,12,16). The molecule has 0 aliphatic rings. The Bertz CT molecular complexity index is 354. The summed E-state index contributed by atoms with van der Waals surface area (Å²) in [5, 5.41) is 0. The lowest BCUT2D eigenvalue weighted by molar-refractivity contribution is -0.126. The average Bonchev–Trinajstić information content (AvgIpc) is 2.30. The molecule has 86 valence electrons. The molecule has 1 rings (SSSR count). The number of aldehydes is 1. The van der Waals surface area contributed by atoms with Gasteiger partial charge in [0.05, 0.1) is 17.8 Å². The van der Waals surface area contributed by atoms with E-state index in [9.17, 15) is 9.59 Å². The Kier molecular flexibility index (Phi) is 4.44. The van der Waals surface area contributed by atoms with Gasteiger partial charge in [-0.2, -0.15) is 0 Å². The van der Waals surface area contributed by atoms with E-state index in [0.717, 1.165) is 5.69 Å². The maximum atomic E-state index is 10.8. The lowest BCUT2D eigenvalue weighted by Gasteiger charge is -2.19. The minimum absolute atomic E-state index is 0.421. The van der Waals surface area contributed by atoms with E-state index < -0.39 is 11.8 Å². The first kappa shape index (κ1) is 12.2. The van der Waals surface area contributed by atoms with Crippen LogP contribution in [-0.2, 0) is 9.59 Å². The van der Waals surface area contributed by atoms with Crippen LogP contribution in [0.25, 0.3) is 0 Å². The van der Waals surface area contributed by atoms with Crippen LogP contribution in [0.5, 0.6) is 0 Å². The third-order valence-electron chi connectivity index (χ3n) is 2.39. The first-order chi connectivity index (χ1) is 7.65. The molecule has 0 spiro atoms. The highest BCUT2D eigenvalue weighted by Crippen LogP contribution is 2.11. The van der Waals surface area contributed by atoms with Gasteiger partial charge in [0.1, 0.15) is 6.29 Å². The summed E-state index contributed by atoms with van der Waals surface area (Å²) >= 11 is 0. The van der Waals surface area contributed by atoms with Crippen LogP contribution in [0.3, 0.4) is 0 Å². The van der Waals surface area contributed by atoms with Crippen LogP contribution in [0.1, 0.15) is 6.42 Å². The van der Waals surface area contributed by atoms with Gasteiger partial charge in [-0.25, -0.2) is 0 Å². The smallest absolute Gasteiger partial charge is 0.227 e. The van der Waals surface area contributed by atoms with Gasteiger partial charge >= 0.3 is 0 Å². The van der Waals surface area contributed by atoms with E-state index in [1.807, 2.05) is 24.1 Å². The van der Waals surface area contributed by atoms with Crippen LogP contribution in [0.4, 0.5) is 5.69 Å². The summed E-state index contributed by atoms with van der Waals surface area (Å²) in [7, 11) is 1.87. The second-order valence-corrected chi connectivity index (χ2v) is 3.57. The van der Waals surface area contributed by atoms with Crippen molar-refractivity contribution in [2.75, 3.05) is 18.5 Å². The molecule has 0 saturated carbocycles. The van der Waals surface area contributed by atoms with Crippen molar-refractivity contribution in [1.82, 2.24) is 4.98 Å². The van der Waals surface area contributed by atoms with E-state index >= 15 is 0 Å². The van der Waals surface area contributed by atoms with Crippen LogP contribution < -0.4 is 10.6 Å². The molecule has 0 aliphatic carbocycles. The van der Waals surface area contributed by atoms with E-state index in [0.29, 0.717) is 19.3 Å².